The van der Waals surface area contributed by atoms with Crippen LogP contribution in [0.3, 0.4) is 0 Å². The minimum absolute atomic E-state index is 0.406. The third-order valence-electron chi connectivity index (χ3n) is 3.50. The van der Waals surface area contributed by atoms with Crippen molar-refractivity contribution in [1.82, 2.24) is 15.0 Å². The fraction of sp³-hybridized carbons (Fsp3) is 0.538. The summed E-state index contributed by atoms with van der Waals surface area (Å²) in [6.07, 6.45) is 3.12. The zero-order valence-electron chi connectivity index (χ0n) is 10.9. The third-order valence-corrected chi connectivity index (χ3v) is 3.50. The van der Waals surface area contributed by atoms with Crippen molar-refractivity contribution in [1.29, 1.82) is 0 Å². The van der Waals surface area contributed by atoms with Gasteiger partial charge in [-0.3, -0.25) is 4.90 Å². The van der Waals surface area contributed by atoms with Crippen molar-refractivity contribution in [3.05, 3.63) is 24.2 Å². The van der Waals surface area contributed by atoms with E-state index in [1.807, 2.05) is 6.92 Å². The summed E-state index contributed by atoms with van der Waals surface area (Å²) in [6, 6.07) is 3.57. The molecule has 1 aliphatic heterocycles. The lowest BCUT2D eigenvalue weighted by atomic mass is 9.94. The molecule has 0 aromatic carbocycles. The maximum Gasteiger partial charge on any atom is 0.293 e. The topological polar surface area (TPSA) is 75.5 Å². The average molecular weight is 263 g/mol. The van der Waals surface area contributed by atoms with Gasteiger partial charge < -0.3 is 14.0 Å². The van der Waals surface area contributed by atoms with E-state index in [1.165, 1.54) is 0 Å². The molecule has 2 aromatic rings. The molecule has 0 aliphatic carbocycles. The predicted molar refractivity (Wildman–Crippen MR) is 67.1 cm³/mol. The van der Waals surface area contributed by atoms with Gasteiger partial charge in [0.05, 0.1) is 18.4 Å². The first-order chi connectivity index (χ1) is 9.12. The second kappa shape index (κ2) is 4.79. The van der Waals surface area contributed by atoms with Crippen LogP contribution in [0, 0.1) is 0 Å². The maximum absolute atomic E-state index is 9.90. The van der Waals surface area contributed by atoms with Gasteiger partial charge in [-0.15, -0.1) is 0 Å². The van der Waals surface area contributed by atoms with Crippen molar-refractivity contribution in [2.24, 2.45) is 0 Å². The molecule has 6 heteroatoms. The molecule has 6 nitrogen and oxygen atoms in total. The smallest absolute Gasteiger partial charge is 0.293 e. The van der Waals surface area contributed by atoms with Gasteiger partial charge in [-0.25, -0.2) is 0 Å². The lowest BCUT2D eigenvalue weighted by Gasteiger charge is -2.35. The SMILES string of the molecule is CC1(O)CCN(Cc2noc(-c3ccco3)n2)CC1. The first-order valence-electron chi connectivity index (χ1n) is 6.44. The first-order valence-corrected chi connectivity index (χ1v) is 6.44. The fourth-order valence-electron chi connectivity index (χ4n) is 2.21. The van der Waals surface area contributed by atoms with Crippen molar-refractivity contribution >= 4 is 0 Å². The number of piperidine rings is 1. The largest absolute Gasteiger partial charge is 0.459 e. The summed E-state index contributed by atoms with van der Waals surface area (Å²) in [5, 5.41) is 13.9. The van der Waals surface area contributed by atoms with Gasteiger partial charge in [0, 0.05) is 13.1 Å². The zero-order valence-corrected chi connectivity index (χ0v) is 10.9. The molecule has 0 bridgehead atoms. The van der Waals surface area contributed by atoms with Gasteiger partial charge in [0.15, 0.2) is 11.6 Å². The summed E-state index contributed by atoms with van der Waals surface area (Å²) in [5.74, 6) is 1.64. The average Bonchev–Trinajstić information content (AvgIpc) is 3.02. The molecule has 1 saturated heterocycles. The molecule has 0 unspecified atom stereocenters. The number of likely N-dealkylation sites (tertiary alicyclic amines) is 1. The van der Waals surface area contributed by atoms with E-state index in [0.29, 0.717) is 24.0 Å². The van der Waals surface area contributed by atoms with E-state index in [9.17, 15) is 5.11 Å². The molecule has 1 aliphatic rings. The van der Waals surface area contributed by atoms with Gasteiger partial charge in [0.25, 0.3) is 5.89 Å². The van der Waals surface area contributed by atoms with Crippen molar-refractivity contribution in [3.63, 3.8) is 0 Å². The highest BCUT2D eigenvalue weighted by Crippen LogP contribution is 2.23. The maximum atomic E-state index is 9.90. The quantitative estimate of drug-likeness (QED) is 0.908. The number of aromatic nitrogens is 2. The Labute approximate surface area is 111 Å². The van der Waals surface area contributed by atoms with Crippen LogP contribution in [0.1, 0.15) is 25.6 Å². The van der Waals surface area contributed by atoms with Gasteiger partial charge in [-0.1, -0.05) is 5.16 Å². The molecule has 0 amide bonds. The number of rotatable bonds is 3. The molecule has 0 spiro atoms. The summed E-state index contributed by atoms with van der Waals surface area (Å²) in [4.78, 5) is 6.52. The summed E-state index contributed by atoms with van der Waals surface area (Å²) < 4.78 is 10.4. The lowest BCUT2D eigenvalue weighted by molar-refractivity contribution is -0.00799. The third kappa shape index (κ3) is 2.85. The van der Waals surface area contributed by atoms with Gasteiger partial charge >= 0.3 is 0 Å². The highest BCUT2D eigenvalue weighted by Gasteiger charge is 2.27. The summed E-state index contributed by atoms with van der Waals surface area (Å²) in [5.41, 5.74) is -0.535. The molecule has 3 heterocycles. The van der Waals surface area contributed by atoms with Crippen molar-refractivity contribution < 1.29 is 14.0 Å². The van der Waals surface area contributed by atoms with E-state index >= 15 is 0 Å². The molecular weight excluding hydrogens is 246 g/mol. The number of hydrogen-bond acceptors (Lipinski definition) is 6. The number of aliphatic hydroxyl groups is 1. The number of furan rings is 1. The van der Waals surface area contributed by atoms with Crippen LogP contribution < -0.4 is 0 Å². The predicted octanol–water partition coefficient (Wildman–Crippen LogP) is 1.68. The number of nitrogens with zero attached hydrogens (tertiary/aromatic N) is 3. The van der Waals surface area contributed by atoms with Crippen LogP contribution in [-0.2, 0) is 6.54 Å². The fourth-order valence-corrected chi connectivity index (χ4v) is 2.21. The van der Waals surface area contributed by atoms with Gasteiger partial charge in [0.1, 0.15) is 0 Å². The second-order valence-corrected chi connectivity index (χ2v) is 5.27. The van der Waals surface area contributed by atoms with Crippen molar-refractivity contribution in [3.8, 4) is 11.7 Å². The van der Waals surface area contributed by atoms with E-state index in [4.69, 9.17) is 8.94 Å². The molecule has 102 valence electrons. The second-order valence-electron chi connectivity index (χ2n) is 5.27. The van der Waals surface area contributed by atoms with Gasteiger partial charge in [-0.05, 0) is 31.9 Å². The Bertz CT molecular complexity index is 523. The Morgan fingerprint density at radius 2 is 2.21 bits per heavy atom. The van der Waals surface area contributed by atoms with Crippen LogP contribution in [-0.4, -0.2) is 38.8 Å². The molecule has 1 fully saturated rings. The molecular formula is C13H17N3O3. The minimum atomic E-state index is -0.535. The molecule has 1 N–H and O–H groups in total. The molecule has 0 radical (unpaired) electrons. The Balaban J connectivity index is 1.62. The van der Waals surface area contributed by atoms with Gasteiger partial charge in [-0.2, -0.15) is 4.98 Å². The zero-order chi connectivity index (χ0) is 13.3. The highest BCUT2D eigenvalue weighted by molar-refractivity contribution is 5.42. The summed E-state index contributed by atoms with van der Waals surface area (Å²) >= 11 is 0. The molecule has 3 rings (SSSR count). The van der Waals surface area contributed by atoms with E-state index in [-0.39, 0.29) is 0 Å². The molecule has 0 atom stereocenters. The standard InChI is InChI=1S/C13H17N3O3/c1-13(17)4-6-16(7-5-13)9-11-14-12(19-15-11)10-3-2-8-18-10/h2-3,8,17H,4-7,9H2,1H3. The van der Waals surface area contributed by atoms with Crippen molar-refractivity contribution in [2.75, 3.05) is 13.1 Å². The van der Waals surface area contributed by atoms with Crippen LogP contribution in [0.15, 0.2) is 27.3 Å². The molecule has 0 saturated carbocycles. The minimum Gasteiger partial charge on any atom is -0.459 e. The van der Waals surface area contributed by atoms with Crippen LogP contribution in [0.5, 0.6) is 0 Å². The Hall–Kier alpha value is -1.66. The van der Waals surface area contributed by atoms with Crippen LogP contribution in [0.4, 0.5) is 0 Å². The van der Waals surface area contributed by atoms with E-state index in [2.05, 4.69) is 15.0 Å². The van der Waals surface area contributed by atoms with E-state index in [0.717, 1.165) is 25.9 Å². The number of hydrogen-bond donors (Lipinski definition) is 1. The van der Waals surface area contributed by atoms with Gasteiger partial charge in [0.2, 0.25) is 0 Å². The molecule has 2 aromatic heterocycles. The van der Waals surface area contributed by atoms with Crippen LogP contribution in [0.25, 0.3) is 11.7 Å². The lowest BCUT2D eigenvalue weighted by Crippen LogP contribution is -2.42. The van der Waals surface area contributed by atoms with Crippen LogP contribution >= 0.6 is 0 Å². The Kier molecular flexibility index (Phi) is 3.12. The first kappa shape index (κ1) is 12.4. The Morgan fingerprint density at radius 3 is 2.89 bits per heavy atom. The normalized spacial score (nSPS) is 19.7. The monoisotopic (exact) mass is 263 g/mol. The van der Waals surface area contributed by atoms with E-state index in [1.54, 1.807) is 18.4 Å². The van der Waals surface area contributed by atoms with E-state index < -0.39 is 5.60 Å². The molecule has 19 heavy (non-hydrogen) atoms. The summed E-state index contributed by atoms with van der Waals surface area (Å²) in [6.45, 7) is 4.21. The Morgan fingerprint density at radius 1 is 1.42 bits per heavy atom. The van der Waals surface area contributed by atoms with Crippen molar-refractivity contribution in [2.45, 2.75) is 31.9 Å². The van der Waals surface area contributed by atoms with Crippen LogP contribution in [0.2, 0.25) is 0 Å². The summed E-state index contributed by atoms with van der Waals surface area (Å²) in [7, 11) is 0. The highest BCUT2D eigenvalue weighted by atomic mass is 16.5.